The van der Waals surface area contributed by atoms with Crippen molar-refractivity contribution in [3.05, 3.63) is 59.2 Å². The lowest BCUT2D eigenvalue weighted by atomic mass is 9.93. The highest BCUT2D eigenvalue weighted by atomic mass is 19.4. The average molecular weight is 340 g/mol. The molecule has 0 atom stereocenters. The van der Waals surface area contributed by atoms with E-state index in [1.165, 1.54) is 0 Å². The largest absolute Gasteiger partial charge is 0.417 e. The second kappa shape index (κ2) is 5.82. The second-order valence-electron chi connectivity index (χ2n) is 4.65. The van der Waals surface area contributed by atoms with Crippen molar-refractivity contribution >= 4 is 0 Å². The second-order valence-corrected chi connectivity index (χ2v) is 4.65. The third kappa shape index (κ3) is 3.62. The number of benzene rings is 2. The van der Waals surface area contributed by atoms with E-state index in [4.69, 9.17) is 0 Å². The molecule has 0 fully saturated rings. The molecule has 0 N–H and O–H groups in total. The summed E-state index contributed by atoms with van der Waals surface area (Å²) >= 11 is 0. The fourth-order valence-electron chi connectivity index (χ4n) is 2.13. The molecule has 0 aromatic heterocycles. The first kappa shape index (κ1) is 17.2. The Hall–Kier alpha value is -2.12. The van der Waals surface area contributed by atoms with E-state index in [9.17, 15) is 35.1 Å². The van der Waals surface area contributed by atoms with Crippen LogP contribution in [0, 0.1) is 0 Å². The van der Waals surface area contributed by atoms with E-state index in [-0.39, 0.29) is 0 Å². The van der Waals surface area contributed by atoms with E-state index < -0.39 is 46.6 Å². The first-order valence-corrected chi connectivity index (χ1v) is 6.17. The lowest BCUT2D eigenvalue weighted by Gasteiger charge is -2.18. The molecule has 0 saturated heterocycles. The van der Waals surface area contributed by atoms with Crippen LogP contribution < -0.4 is 0 Å². The van der Waals surface area contributed by atoms with E-state index in [0.717, 1.165) is 18.2 Å². The van der Waals surface area contributed by atoms with Crippen LogP contribution in [0.15, 0.2) is 42.5 Å². The summed E-state index contributed by atoms with van der Waals surface area (Å²) < 4.78 is 103. The number of alkyl halides is 8. The Morgan fingerprint density at radius 1 is 0.652 bits per heavy atom. The monoisotopic (exact) mass is 340 g/mol. The Labute approximate surface area is 125 Å². The van der Waals surface area contributed by atoms with Crippen LogP contribution in [0.5, 0.6) is 0 Å². The summed E-state index contributed by atoms with van der Waals surface area (Å²) in [5.74, 6) is 0. The number of hydrogen-bond donors (Lipinski definition) is 0. The predicted molar refractivity (Wildman–Crippen MR) is 66.8 cm³/mol. The van der Waals surface area contributed by atoms with Gasteiger partial charge in [0, 0.05) is 5.56 Å². The van der Waals surface area contributed by atoms with Crippen LogP contribution in [-0.2, 0) is 12.4 Å². The van der Waals surface area contributed by atoms with Crippen LogP contribution in [0.1, 0.15) is 23.1 Å². The molecular weight excluding hydrogens is 332 g/mol. The molecule has 0 nitrogen and oxygen atoms in total. The molecule has 0 saturated carbocycles. The van der Waals surface area contributed by atoms with Gasteiger partial charge in [-0.05, 0) is 29.3 Å². The van der Waals surface area contributed by atoms with Gasteiger partial charge < -0.3 is 0 Å². The zero-order chi connectivity index (χ0) is 17.4. The molecule has 2 aromatic carbocycles. The van der Waals surface area contributed by atoms with Crippen LogP contribution in [0.3, 0.4) is 0 Å². The fraction of sp³-hybridized carbons (Fsp3) is 0.200. The summed E-state index contributed by atoms with van der Waals surface area (Å²) in [6, 6.07) is 4.90. The molecule has 2 aromatic rings. The van der Waals surface area contributed by atoms with Gasteiger partial charge in [0.05, 0.1) is 11.1 Å². The van der Waals surface area contributed by atoms with Crippen LogP contribution >= 0.6 is 0 Å². The van der Waals surface area contributed by atoms with Gasteiger partial charge in [-0.2, -0.15) is 26.3 Å². The van der Waals surface area contributed by atoms with Crippen LogP contribution in [0.4, 0.5) is 35.1 Å². The maximum Gasteiger partial charge on any atom is 0.417 e. The summed E-state index contributed by atoms with van der Waals surface area (Å²) in [7, 11) is 0. The third-order valence-corrected chi connectivity index (χ3v) is 3.12. The molecule has 0 heterocycles. The predicted octanol–water partition coefficient (Wildman–Crippen LogP) is 6.33. The Balaban J connectivity index is 2.79. The van der Waals surface area contributed by atoms with Crippen LogP contribution in [0.2, 0.25) is 0 Å². The van der Waals surface area contributed by atoms with Gasteiger partial charge in [-0.15, -0.1) is 0 Å². The topological polar surface area (TPSA) is 0 Å². The van der Waals surface area contributed by atoms with E-state index >= 15 is 0 Å². The minimum Gasteiger partial charge on any atom is -0.205 e. The molecule has 124 valence electrons. The molecule has 0 bridgehead atoms. The normalized spacial score (nSPS) is 12.7. The third-order valence-electron chi connectivity index (χ3n) is 3.12. The Morgan fingerprint density at radius 2 is 1.17 bits per heavy atom. The average Bonchev–Trinajstić information content (AvgIpc) is 2.44. The Bertz CT molecular complexity index is 697. The molecule has 0 aliphatic carbocycles. The number of rotatable bonds is 2. The van der Waals surface area contributed by atoms with Crippen molar-refractivity contribution in [3.63, 3.8) is 0 Å². The minimum absolute atomic E-state index is 0.365. The number of halogens is 8. The summed E-state index contributed by atoms with van der Waals surface area (Å²) in [5.41, 5.74) is -5.24. The molecule has 23 heavy (non-hydrogen) atoms. The fourth-order valence-corrected chi connectivity index (χ4v) is 2.13. The van der Waals surface area contributed by atoms with E-state index in [1.54, 1.807) is 0 Å². The first-order chi connectivity index (χ1) is 10.5. The molecule has 0 amide bonds. The molecule has 0 aliphatic rings. The smallest absolute Gasteiger partial charge is 0.205 e. The Kier molecular flexibility index (Phi) is 4.37. The van der Waals surface area contributed by atoms with Crippen molar-refractivity contribution < 1.29 is 35.1 Å². The van der Waals surface area contributed by atoms with Crippen molar-refractivity contribution in [3.8, 4) is 11.1 Å². The summed E-state index contributed by atoms with van der Waals surface area (Å²) in [5, 5.41) is 0. The first-order valence-electron chi connectivity index (χ1n) is 6.17. The van der Waals surface area contributed by atoms with Gasteiger partial charge in [-0.25, -0.2) is 8.78 Å². The van der Waals surface area contributed by atoms with Crippen molar-refractivity contribution in [1.82, 2.24) is 0 Å². The van der Waals surface area contributed by atoms with Crippen LogP contribution in [0.25, 0.3) is 11.1 Å². The van der Waals surface area contributed by atoms with Gasteiger partial charge >= 0.3 is 12.4 Å². The SMILES string of the molecule is FC(F)c1ccc(C(F)(F)F)c(-c2ccccc2C(F)(F)F)c1. The van der Waals surface area contributed by atoms with Gasteiger partial charge in [0.1, 0.15) is 0 Å². The highest BCUT2D eigenvalue weighted by Crippen LogP contribution is 2.43. The molecule has 0 aliphatic heterocycles. The van der Waals surface area contributed by atoms with Crippen molar-refractivity contribution in [2.24, 2.45) is 0 Å². The zero-order valence-electron chi connectivity index (χ0n) is 11.1. The molecule has 0 spiro atoms. The maximum absolute atomic E-state index is 13.0. The molecule has 8 heteroatoms. The van der Waals surface area contributed by atoms with Gasteiger partial charge in [0.25, 0.3) is 6.43 Å². The summed E-state index contributed by atoms with van der Waals surface area (Å²) in [4.78, 5) is 0. The van der Waals surface area contributed by atoms with Crippen molar-refractivity contribution in [2.45, 2.75) is 18.8 Å². The van der Waals surface area contributed by atoms with E-state index in [0.29, 0.717) is 24.3 Å². The standard InChI is InChI=1S/C15H8F8/c16-13(17)8-5-6-12(15(21,22)23)10(7-8)9-3-1-2-4-11(9)14(18,19)20/h1-7,13H. The quantitative estimate of drug-likeness (QED) is 0.561. The highest BCUT2D eigenvalue weighted by molar-refractivity contribution is 5.72. The zero-order valence-corrected chi connectivity index (χ0v) is 11.1. The maximum atomic E-state index is 13.0. The van der Waals surface area contributed by atoms with E-state index in [1.807, 2.05) is 0 Å². The molecule has 0 unspecified atom stereocenters. The van der Waals surface area contributed by atoms with Gasteiger partial charge in [-0.3, -0.25) is 0 Å². The van der Waals surface area contributed by atoms with E-state index in [2.05, 4.69) is 0 Å². The lowest BCUT2D eigenvalue weighted by Crippen LogP contribution is -2.11. The molecule has 0 radical (unpaired) electrons. The summed E-state index contributed by atoms with van der Waals surface area (Å²) in [6.07, 6.45) is -13.0. The van der Waals surface area contributed by atoms with Crippen molar-refractivity contribution in [1.29, 1.82) is 0 Å². The minimum atomic E-state index is -4.98. The number of hydrogen-bond acceptors (Lipinski definition) is 0. The van der Waals surface area contributed by atoms with Gasteiger partial charge in [0.15, 0.2) is 0 Å². The summed E-state index contributed by atoms with van der Waals surface area (Å²) in [6.45, 7) is 0. The molecular formula is C15H8F8. The van der Waals surface area contributed by atoms with Gasteiger partial charge in [-0.1, -0.05) is 24.3 Å². The lowest BCUT2D eigenvalue weighted by molar-refractivity contribution is -0.139. The van der Waals surface area contributed by atoms with Crippen LogP contribution in [-0.4, -0.2) is 0 Å². The molecule has 2 rings (SSSR count). The highest BCUT2D eigenvalue weighted by Gasteiger charge is 2.38. The van der Waals surface area contributed by atoms with Crippen molar-refractivity contribution in [2.75, 3.05) is 0 Å². The Morgan fingerprint density at radius 3 is 1.70 bits per heavy atom. The van der Waals surface area contributed by atoms with Gasteiger partial charge in [0.2, 0.25) is 0 Å².